The molecule has 0 aliphatic heterocycles. The summed E-state index contributed by atoms with van der Waals surface area (Å²) in [5.41, 5.74) is 2.15. The van der Waals surface area contributed by atoms with Crippen LogP contribution >= 0.6 is 27.5 Å². The van der Waals surface area contributed by atoms with Crippen molar-refractivity contribution in [2.75, 3.05) is 4.72 Å². The number of anilines is 1. The molecule has 36 heavy (non-hydrogen) atoms. The number of fused-ring (bicyclic) bond motifs is 1. The average Bonchev–Trinajstić information content (AvgIpc) is 3.22. The van der Waals surface area contributed by atoms with Crippen LogP contribution in [0.4, 0.5) is 10.1 Å². The van der Waals surface area contributed by atoms with E-state index in [0.29, 0.717) is 34.0 Å². The van der Waals surface area contributed by atoms with Crippen molar-refractivity contribution in [2.24, 2.45) is 0 Å². The first kappa shape index (κ1) is 24.2. The van der Waals surface area contributed by atoms with Crippen molar-refractivity contribution < 1.29 is 17.5 Å². The lowest BCUT2D eigenvalue weighted by atomic mass is 10.1. The summed E-state index contributed by atoms with van der Waals surface area (Å²) < 4.78 is 51.4. The molecule has 0 fully saturated rings. The van der Waals surface area contributed by atoms with Crippen molar-refractivity contribution in [3.63, 3.8) is 0 Å². The first-order valence-electron chi connectivity index (χ1n) is 10.6. The predicted molar refractivity (Wildman–Crippen MR) is 140 cm³/mol. The van der Waals surface area contributed by atoms with Crippen LogP contribution in [0.1, 0.15) is 5.82 Å². The summed E-state index contributed by atoms with van der Waals surface area (Å²) in [4.78, 5) is 0.109. The van der Waals surface area contributed by atoms with Gasteiger partial charge in [-0.05, 0) is 79.7 Å². The number of sulfonamides is 1. The molecule has 5 rings (SSSR count). The lowest BCUT2D eigenvalue weighted by Gasteiger charge is -2.15. The van der Waals surface area contributed by atoms with Crippen LogP contribution in [-0.4, -0.2) is 23.0 Å². The van der Waals surface area contributed by atoms with E-state index in [0.717, 1.165) is 10.5 Å². The Morgan fingerprint density at radius 1 is 0.972 bits per heavy atom. The van der Waals surface area contributed by atoms with E-state index in [-0.39, 0.29) is 15.7 Å². The van der Waals surface area contributed by atoms with Crippen LogP contribution < -0.4 is 9.46 Å². The van der Waals surface area contributed by atoms with E-state index in [1.54, 1.807) is 53.1 Å². The Labute approximate surface area is 219 Å². The molecular formula is C25H17BrClFN4O3S. The summed E-state index contributed by atoms with van der Waals surface area (Å²) in [6.45, 7) is 1.81. The van der Waals surface area contributed by atoms with E-state index in [9.17, 15) is 12.8 Å². The molecule has 0 saturated carbocycles. The number of nitrogens with zero attached hydrogens (tertiary/aromatic N) is 3. The molecule has 7 nitrogen and oxygen atoms in total. The van der Waals surface area contributed by atoms with E-state index >= 15 is 0 Å². The van der Waals surface area contributed by atoms with Crippen LogP contribution in [0, 0.1) is 12.7 Å². The smallest absolute Gasteiger partial charge is 0.261 e. The highest BCUT2D eigenvalue weighted by atomic mass is 79.9. The number of hydrogen-bond donors (Lipinski definition) is 1. The largest absolute Gasteiger partial charge is 0.454 e. The van der Waals surface area contributed by atoms with E-state index in [4.69, 9.17) is 16.3 Å². The van der Waals surface area contributed by atoms with Gasteiger partial charge in [0, 0.05) is 32.5 Å². The fraction of sp³-hybridized carbons (Fsp3) is 0.0400. The van der Waals surface area contributed by atoms with Gasteiger partial charge in [0.05, 0.1) is 4.90 Å². The Morgan fingerprint density at radius 2 is 1.72 bits per heavy atom. The Kier molecular flexibility index (Phi) is 6.42. The van der Waals surface area contributed by atoms with Gasteiger partial charge in [-0.25, -0.2) is 12.8 Å². The molecule has 1 N–H and O–H groups in total. The van der Waals surface area contributed by atoms with Crippen molar-refractivity contribution in [2.45, 2.75) is 11.8 Å². The molecule has 11 heteroatoms. The second-order valence-electron chi connectivity index (χ2n) is 7.84. The Balaban J connectivity index is 1.59. The van der Waals surface area contributed by atoms with E-state index in [1.165, 1.54) is 24.3 Å². The topological polar surface area (TPSA) is 85.6 Å². The zero-order valence-corrected chi connectivity index (χ0v) is 21.8. The second kappa shape index (κ2) is 9.53. The number of pyridine rings is 1. The van der Waals surface area contributed by atoms with Crippen LogP contribution in [0.3, 0.4) is 0 Å². The number of halogens is 3. The molecule has 0 radical (unpaired) electrons. The zero-order chi connectivity index (χ0) is 25.4. The highest BCUT2D eigenvalue weighted by Gasteiger charge is 2.18. The highest BCUT2D eigenvalue weighted by Crippen LogP contribution is 2.37. The van der Waals surface area contributed by atoms with Crippen molar-refractivity contribution in [1.82, 2.24) is 14.6 Å². The number of benzene rings is 3. The molecule has 2 heterocycles. The molecule has 0 unspecified atom stereocenters. The lowest BCUT2D eigenvalue weighted by molar-refractivity contribution is 0.444. The van der Waals surface area contributed by atoms with Gasteiger partial charge in [-0.1, -0.05) is 27.5 Å². The highest BCUT2D eigenvalue weighted by molar-refractivity contribution is 9.10. The summed E-state index contributed by atoms with van der Waals surface area (Å²) in [6.07, 6.45) is 1.80. The van der Waals surface area contributed by atoms with Gasteiger partial charge in [0.25, 0.3) is 10.0 Å². The summed E-state index contributed by atoms with van der Waals surface area (Å²) in [5, 5.41) is 8.41. The first-order chi connectivity index (χ1) is 17.2. The number of rotatable bonds is 6. The van der Waals surface area contributed by atoms with E-state index in [2.05, 4.69) is 30.8 Å². The molecule has 0 bridgehead atoms. The maximum Gasteiger partial charge on any atom is 0.261 e. The molecule has 0 spiro atoms. The van der Waals surface area contributed by atoms with Crippen LogP contribution in [0.5, 0.6) is 11.5 Å². The fourth-order valence-corrected chi connectivity index (χ4v) is 5.05. The molecule has 0 saturated heterocycles. The zero-order valence-electron chi connectivity index (χ0n) is 18.6. The molecule has 3 aromatic carbocycles. The molecular weight excluding hydrogens is 571 g/mol. The van der Waals surface area contributed by atoms with Crippen LogP contribution in [0.15, 0.2) is 88.4 Å². The second-order valence-corrected chi connectivity index (χ2v) is 10.9. The summed E-state index contributed by atoms with van der Waals surface area (Å²) in [6, 6.07) is 18.7. The third kappa shape index (κ3) is 4.92. The standard InChI is InChI=1S/C25H17BrClFN4O3S/c1-15-29-30-25-11-2-16(14-32(15)25)21-13-19(31-36(33,34)20-7-3-17(26)4-8-20)6-10-23(21)35-24-9-5-18(27)12-22(24)28/h2-14,31H,1H3. The minimum Gasteiger partial charge on any atom is -0.454 e. The Morgan fingerprint density at radius 3 is 2.47 bits per heavy atom. The number of aryl methyl sites for hydroxylation is 1. The van der Waals surface area contributed by atoms with Gasteiger partial charge in [-0.3, -0.25) is 9.12 Å². The summed E-state index contributed by atoms with van der Waals surface area (Å²) in [7, 11) is -3.86. The van der Waals surface area contributed by atoms with Crippen LogP contribution in [0.25, 0.3) is 16.8 Å². The predicted octanol–water partition coefficient (Wildman–Crippen LogP) is 6.85. The van der Waals surface area contributed by atoms with Gasteiger partial charge < -0.3 is 4.74 Å². The number of nitrogens with one attached hydrogen (secondary N) is 1. The normalized spacial score (nSPS) is 11.6. The van der Waals surface area contributed by atoms with Crippen LogP contribution in [0.2, 0.25) is 5.02 Å². The Bertz CT molecular complexity index is 1710. The Hall–Kier alpha value is -3.47. The first-order valence-corrected chi connectivity index (χ1v) is 13.2. The summed E-state index contributed by atoms with van der Waals surface area (Å²) >= 11 is 9.17. The molecule has 0 aliphatic carbocycles. The van der Waals surface area contributed by atoms with Gasteiger partial charge in [-0.15, -0.1) is 10.2 Å². The maximum atomic E-state index is 14.5. The maximum absolute atomic E-state index is 14.5. The minimum absolute atomic E-state index is 0.0228. The van der Waals surface area contributed by atoms with E-state index in [1.807, 2.05) is 6.92 Å². The van der Waals surface area contributed by atoms with Gasteiger partial charge >= 0.3 is 0 Å². The number of hydrogen-bond acceptors (Lipinski definition) is 5. The number of ether oxygens (including phenoxy) is 1. The van der Waals surface area contributed by atoms with Crippen molar-refractivity contribution in [1.29, 1.82) is 0 Å². The third-order valence-corrected chi connectivity index (χ3v) is 7.51. The van der Waals surface area contributed by atoms with E-state index < -0.39 is 15.8 Å². The molecule has 2 aromatic heterocycles. The van der Waals surface area contributed by atoms with Gasteiger partial charge in [0.15, 0.2) is 17.2 Å². The lowest BCUT2D eigenvalue weighted by Crippen LogP contribution is -2.13. The molecule has 0 amide bonds. The quantitative estimate of drug-likeness (QED) is 0.235. The molecule has 0 atom stereocenters. The fourth-order valence-electron chi connectivity index (χ4n) is 3.58. The third-order valence-electron chi connectivity index (χ3n) is 5.35. The SMILES string of the molecule is Cc1nnc2ccc(-c3cc(NS(=O)(=O)c4ccc(Br)cc4)ccc3Oc3ccc(Cl)cc3F)cn12. The summed E-state index contributed by atoms with van der Waals surface area (Å²) in [5.74, 6) is 0.335. The van der Waals surface area contributed by atoms with Gasteiger partial charge in [0.1, 0.15) is 11.6 Å². The minimum atomic E-state index is -3.86. The number of aromatic nitrogens is 3. The van der Waals surface area contributed by atoms with Crippen molar-refractivity contribution in [3.8, 4) is 22.6 Å². The molecule has 182 valence electrons. The average molecular weight is 588 g/mol. The monoisotopic (exact) mass is 586 g/mol. The van der Waals surface area contributed by atoms with Gasteiger partial charge in [0.2, 0.25) is 0 Å². The van der Waals surface area contributed by atoms with Crippen LogP contribution in [-0.2, 0) is 10.0 Å². The van der Waals surface area contributed by atoms with Crippen molar-refractivity contribution in [3.05, 3.63) is 100 Å². The molecule has 5 aromatic rings. The molecule has 0 aliphatic rings. The van der Waals surface area contributed by atoms with Gasteiger partial charge in [-0.2, -0.15) is 0 Å². The van der Waals surface area contributed by atoms with Crippen molar-refractivity contribution >= 4 is 48.9 Å².